The molecule has 2 N–H and O–H groups in total. The van der Waals surface area contributed by atoms with Crippen LogP contribution in [0.5, 0.6) is 0 Å². The van der Waals surface area contributed by atoms with Crippen molar-refractivity contribution >= 4 is 0 Å². The number of nitrogens with zero attached hydrogens (tertiary/aromatic N) is 2. The van der Waals surface area contributed by atoms with Gasteiger partial charge in [0.2, 0.25) is 0 Å². The first-order chi connectivity index (χ1) is 7.33. The first-order valence-corrected chi connectivity index (χ1v) is 5.52. The van der Waals surface area contributed by atoms with Crippen LogP contribution in [0.4, 0.5) is 0 Å². The molecule has 0 radical (unpaired) electrons. The van der Waals surface area contributed by atoms with E-state index in [0.717, 1.165) is 25.3 Å². The van der Waals surface area contributed by atoms with Gasteiger partial charge in [-0.2, -0.15) is 0 Å². The minimum atomic E-state index is 0.457. The van der Waals surface area contributed by atoms with E-state index in [9.17, 15) is 0 Å². The predicted octanol–water partition coefficient (Wildman–Crippen LogP) is 0.954. The second-order valence-corrected chi connectivity index (χ2v) is 3.68. The smallest absolute Gasteiger partial charge is 0.0724 e. The van der Waals surface area contributed by atoms with Crippen LogP contribution in [0.25, 0.3) is 0 Å². The lowest BCUT2D eigenvalue weighted by atomic mass is 10.3. The van der Waals surface area contributed by atoms with E-state index in [4.69, 9.17) is 0 Å². The molecule has 0 amide bonds. The molecule has 0 aliphatic heterocycles. The van der Waals surface area contributed by atoms with Gasteiger partial charge in [-0.1, -0.05) is 6.92 Å². The molecule has 4 heteroatoms. The van der Waals surface area contributed by atoms with E-state index >= 15 is 0 Å². The van der Waals surface area contributed by atoms with Crippen molar-refractivity contribution in [2.75, 3.05) is 13.1 Å². The Kier molecular flexibility index (Phi) is 5.88. The summed E-state index contributed by atoms with van der Waals surface area (Å²) in [6.07, 6.45) is 6.38. The molecule has 1 heterocycles. The van der Waals surface area contributed by atoms with Gasteiger partial charge in [0.1, 0.15) is 0 Å². The highest BCUT2D eigenvalue weighted by Crippen LogP contribution is 1.90. The van der Waals surface area contributed by atoms with Crippen LogP contribution in [-0.4, -0.2) is 29.1 Å². The third kappa shape index (κ3) is 5.44. The van der Waals surface area contributed by atoms with E-state index in [1.54, 1.807) is 18.6 Å². The summed E-state index contributed by atoms with van der Waals surface area (Å²) < 4.78 is 0. The summed E-state index contributed by atoms with van der Waals surface area (Å²) in [5.74, 6) is 0. The first-order valence-electron chi connectivity index (χ1n) is 5.52. The topological polar surface area (TPSA) is 49.8 Å². The second-order valence-electron chi connectivity index (χ2n) is 3.68. The SMILES string of the molecule is CCCNCC(C)NCc1cnccn1. The summed E-state index contributed by atoms with van der Waals surface area (Å²) in [5, 5.41) is 6.77. The number of nitrogens with one attached hydrogen (secondary N) is 2. The monoisotopic (exact) mass is 208 g/mol. The van der Waals surface area contributed by atoms with Crippen LogP contribution in [-0.2, 0) is 6.54 Å². The zero-order valence-electron chi connectivity index (χ0n) is 9.53. The van der Waals surface area contributed by atoms with Crippen molar-refractivity contribution in [3.63, 3.8) is 0 Å². The molecule has 15 heavy (non-hydrogen) atoms. The molecule has 0 spiro atoms. The predicted molar refractivity (Wildman–Crippen MR) is 61.5 cm³/mol. The summed E-state index contributed by atoms with van der Waals surface area (Å²) >= 11 is 0. The average molecular weight is 208 g/mol. The fourth-order valence-corrected chi connectivity index (χ4v) is 1.27. The third-order valence-corrected chi connectivity index (χ3v) is 2.13. The summed E-state index contributed by atoms with van der Waals surface area (Å²) in [6.45, 7) is 7.19. The summed E-state index contributed by atoms with van der Waals surface area (Å²) in [5.41, 5.74) is 0.986. The van der Waals surface area contributed by atoms with Crippen molar-refractivity contribution in [2.24, 2.45) is 0 Å². The van der Waals surface area contributed by atoms with E-state index in [-0.39, 0.29) is 0 Å². The van der Waals surface area contributed by atoms with Crippen molar-refractivity contribution in [2.45, 2.75) is 32.9 Å². The minimum Gasteiger partial charge on any atom is -0.315 e. The largest absolute Gasteiger partial charge is 0.315 e. The van der Waals surface area contributed by atoms with Gasteiger partial charge in [0.15, 0.2) is 0 Å². The van der Waals surface area contributed by atoms with E-state index < -0.39 is 0 Å². The van der Waals surface area contributed by atoms with Gasteiger partial charge in [0.25, 0.3) is 0 Å². The highest BCUT2D eigenvalue weighted by atomic mass is 15.0. The fraction of sp³-hybridized carbons (Fsp3) is 0.636. The van der Waals surface area contributed by atoms with Crippen LogP contribution in [0.3, 0.4) is 0 Å². The number of rotatable bonds is 7. The molecule has 1 rings (SSSR count). The van der Waals surface area contributed by atoms with Gasteiger partial charge < -0.3 is 10.6 Å². The maximum atomic E-state index is 4.20. The van der Waals surface area contributed by atoms with Gasteiger partial charge in [-0.05, 0) is 19.9 Å². The van der Waals surface area contributed by atoms with Crippen LogP contribution >= 0.6 is 0 Å². The Labute approximate surface area is 91.5 Å². The summed E-state index contributed by atoms with van der Waals surface area (Å²) in [6, 6.07) is 0.457. The molecule has 4 nitrogen and oxygen atoms in total. The number of hydrogen-bond acceptors (Lipinski definition) is 4. The Morgan fingerprint density at radius 3 is 2.93 bits per heavy atom. The van der Waals surface area contributed by atoms with E-state index in [1.807, 2.05) is 0 Å². The highest BCUT2D eigenvalue weighted by Gasteiger charge is 2.00. The molecule has 0 fully saturated rings. The molecule has 0 aliphatic carbocycles. The minimum absolute atomic E-state index is 0.457. The summed E-state index contributed by atoms with van der Waals surface area (Å²) in [4.78, 5) is 8.22. The summed E-state index contributed by atoms with van der Waals surface area (Å²) in [7, 11) is 0. The molecule has 1 atom stereocenters. The zero-order chi connectivity index (χ0) is 10.9. The molecular weight excluding hydrogens is 188 g/mol. The van der Waals surface area contributed by atoms with E-state index in [1.165, 1.54) is 6.42 Å². The van der Waals surface area contributed by atoms with Gasteiger partial charge >= 0.3 is 0 Å². The normalized spacial score (nSPS) is 12.7. The molecule has 1 aromatic heterocycles. The molecule has 1 aromatic rings. The molecule has 0 aliphatic rings. The van der Waals surface area contributed by atoms with Crippen molar-refractivity contribution < 1.29 is 0 Å². The molecule has 84 valence electrons. The lowest BCUT2D eigenvalue weighted by molar-refractivity contribution is 0.497. The van der Waals surface area contributed by atoms with E-state index in [2.05, 4.69) is 34.4 Å². The molecule has 0 bridgehead atoms. The second kappa shape index (κ2) is 7.31. The number of hydrogen-bond donors (Lipinski definition) is 2. The maximum absolute atomic E-state index is 4.20. The van der Waals surface area contributed by atoms with Gasteiger partial charge in [-0.25, -0.2) is 0 Å². The molecule has 0 aromatic carbocycles. The Hall–Kier alpha value is -1.00. The average Bonchev–Trinajstić information content (AvgIpc) is 2.28. The lowest BCUT2D eigenvalue weighted by Crippen LogP contribution is -2.36. The molecular formula is C11H20N4. The van der Waals surface area contributed by atoms with Gasteiger partial charge in [0, 0.05) is 37.7 Å². The van der Waals surface area contributed by atoms with Gasteiger partial charge in [-0.15, -0.1) is 0 Å². The Morgan fingerprint density at radius 2 is 2.27 bits per heavy atom. The van der Waals surface area contributed by atoms with Gasteiger partial charge in [-0.3, -0.25) is 9.97 Å². The number of aromatic nitrogens is 2. The van der Waals surface area contributed by atoms with Crippen LogP contribution < -0.4 is 10.6 Å². The lowest BCUT2D eigenvalue weighted by Gasteiger charge is -2.13. The fourth-order valence-electron chi connectivity index (χ4n) is 1.27. The quantitative estimate of drug-likeness (QED) is 0.655. The van der Waals surface area contributed by atoms with Crippen LogP contribution in [0.2, 0.25) is 0 Å². The Morgan fingerprint density at radius 1 is 1.40 bits per heavy atom. The molecule has 1 unspecified atom stereocenters. The Bertz CT molecular complexity index is 250. The van der Waals surface area contributed by atoms with Crippen molar-refractivity contribution in [3.8, 4) is 0 Å². The van der Waals surface area contributed by atoms with Crippen LogP contribution in [0.1, 0.15) is 26.0 Å². The highest BCUT2D eigenvalue weighted by molar-refractivity contribution is 4.94. The van der Waals surface area contributed by atoms with Crippen molar-refractivity contribution in [1.82, 2.24) is 20.6 Å². The van der Waals surface area contributed by atoms with Crippen molar-refractivity contribution in [1.29, 1.82) is 0 Å². The standard InChI is InChI=1S/C11H20N4/c1-3-4-12-7-10(2)15-9-11-8-13-5-6-14-11/h5-6,8,10,12,15H,3-4,7,9H2,1-2H3. The molecule has 0 saturated heterocycles. The Balaban J connectivity index is 2.14. The maximum Gasteiger partial charge on any atom is 0.0724 e. The van der Waals surface area contributed by atoms with E-state index in [0.29, 0.717) is 6.04 Å². The third-order valence-electron chi connectivity index (χ3n) is 2.13. The van der Waals surface area contributed by atoms with Crippen molar-refractivity contribution in [3.05, 3.63) is 24.3 Å². The van der Waals surface area contributed by atoms with Gasteiger partial charge in [0.05, 0.1) is 5.69 Å². The zero-order valence-corrected chi connectivity index (χ0v) is 9.53. The molecule has 0 saturated carbocycles. The van der Waals surface area contributed by atoms with Crippen LogP contribution in [0, 0.1) is 0 Å². The first kappa shape index (κ1) is 12.1. The van der Waals surface area contributed by atoms with Crippen LogP contribution in [0.15, 0.2) is 18.6 Å².